The molecule has 0 aliphatic carbocycles. The Bertz CT molecular complexity index is 757. The quantitative estimate of drug-likeness (QED) is 0.607. The Morgan fingerprint density at radius 1 is 1.37 bits per heavy atom. The van der Waals surface area contributed by atoms with Gasteiger partial charge in [-0.15, -0.1) is 11.3 Å². The molecule has 0 aromatic carbocycles. The first kappa shape index (κ1) is 19.5. The van der Waals surface area contributed by atoms with E-state index in [1.54, 1.807) is 23.7 Å². The SMILES string of the molecule is CN=C(NCc1nc(C(C)C)c(C)s1)NC1CCCN(c2ncccn2)C1. The first-order valence-corrected chi connectivity index (χ1v) is 10.3. The molecule has 0 spiro atoms. The van der Waals surface area contributed by atoms with Gasteiger partial charge in [0.1, 0.15) is 5.01 Å². The Hall–Kier alpha value is -2.22. The molecule has 2 N–H and O–H groups in total. The minimum Gasteiger partial charge on any atom is -0.352 e. The Kier molecular flexibility index (Phi) is 6.60. The lowest BCUT2D eigenvalue weighted by Gasteiger charge is -2.33. The molecule has 1 aliphatic rings. The molecule has 0 saturated carbocycles. The zero-order chi connectivity index (χ0) is 19.2. The smallest absolute Gasteiger partial charge is 0.225 e. The van der Waals surface area contributed by atoms with Crippen molar-refractivity contribution in [3.05, 3.63) is 34.0 Å². The van der Waals surface area contributed by atoms with Crippen LogP contribution in [0, 0.1) is 6.92 Å². The van der Waals surface area contributed by atoms with E-state index < -0.39 is 0 Å². The van der Waals surface area contributed by atoms with E-state index in [1.807, 2.05) is 13.1 Å². The molecule has 1 fully saturated rings. The molecule has 1 saturated heterocycles. The van der Waals surface area contributed by atoms with Crippen LogP contribution >= 0.6 is 11.3 Å². The summed E-state index contributed by atoms with van der Waals surface area (Å²) in [6.07, 6.45) is 5.80. The predicted molar refractivity (Wildman–Crippen MR) is 112 cm³/mol. The predicted octanol–water partition coefficient (Wildman–Crippen LogP) is 2.70. The van der Waals surface area contributed by atoms with E-state index in [0.717, 1.165) is 42.8 Å². The van der Waals surface area contributed by atoms with Crippen LogP contribution in [0.1, 0.15) is 48.2 Å². The van der Waals surface area contributed by atoms with Crippen molar-refractivity contribution in [3.63, 3.8) is 0 Å². The largest absolute Gasteiger partial charge is 0.352 e. The summed E-state index contributed by atoms with van der Waals surface area (Å²) in [6.45, 7) is 9.07. The summed E-state index contributed by atoms with van der Waals surface area (Å²) in [5.74, 6) is 2.07. The number of thiazole rings is 1. The third kappa shape index (κ3) is 5.15. The van der Waals surface area contributed by atoms with E-state index in [0.29, 0.717) is 18.5 Å². The van der Waals surface area contributed by atoms with E-state index in [2.05, 4.69) is 51.3 Å². The monoisotopic (exact) mass is 387 g/mol. The van der Waals surface area contributed by atoms with Gasteiger partial charge in [0.05, 0.1) is 12.2 Å². The van der Waals surface area contributed by atoms with Gasteiger partial charge in [-0.1, -0.05) is 13.8 Å². The Morgan fingerprint density at radius 3 is 2.81 bits per heavy atom. The first-order chi connectivity index (χ1) is 13.1. The van der Waals surface area contributed by atoms with Crippen LogP contribution in [0.3, 0.4) is 0 Å². The van der Waals surface area contributed by atoms with Gasteiger partial charge in [-0.2, -0.15) is 0 Å². The van der Waals surface area contributed by atoms with Crippen molar-refractivity contribution < 1.29 is 0 Å². The summed E-state index contributed by atoms with van der Waals surface area (Å²) in [5, 5.41) is 8.04. The molecule has 1 atom stereocenters. The fraction of sp³-hybridized carbons (Fsp3) is 0.579. The van der Waals surface area contributed by atoms with Crippen molar-refractivity contribution in [1.82, 2.24) is 25.6 Å². The lowest BCUT2D eigenvalue weighted by molar-refractivity contribution is 0.463. The van der Waals surface area contributed by atoms with Crippen molar-refractivity contribution in [2.24, 2.45) is 4.99 Å². The maximum Gasteiger partial charge on any atom is 0.225 e. The summed E-state index contributed by atoms with van der Waals surface area (Å²) in [5.41, 5.74) is 1.20. The minimum absolute atomic E-state index is 0.318. The standard InChI is InChI=1S/C19H29N7S/c1-13(2)17-14(3)27-16(25-17)11-23-18(20-4)24-15-7-5-10-26(12-15)19-21-8-6-9-22-19/h6,8-9,13,15H,5,7,10-12H2,1-4H3,(H2,20,23,24). The van der Waals surface area contributed by atoms with E-state index >= 15 is 0 Å². The molecule has 27 heavy (non-hydrogen) atoms. The highest BCUT2D eigenvalue weighted by Crippen LogP contribution is 2.24. The van der Waals surface area contributed by atoms with Crippen LogP contribution in [0.15, 0.2) is 23.5 Å². The van der Waals surface area contributed by atoms with Crippen LogP contribution in [-0.2, 0) is 6.54 Å². The number of piperidine rings is 1. The fourth-order valence-corrected chi connectivity index (χ4v) is 4.38. The molecule has 2 aromatic heterocycles. The third-order valence-corrected chi connectivity index (χ3v) is 5.64. The van der Waals surface area contributed by atoms with Crippen LogP contribution in [0.25, 0.3) is 0 Å². The minimum atomic E-state index is 0.318. The van der Waals surface area contributed by atoms with Crippen LogP contribution in [-0.4, -0.2) is 47.1 Å². The Morgan fingerprint density at radius 2 is 2.15 bits per heavy atom. The second kappa shape index (κ2) is 9.12. The number of guanidine groups is 1. The molecule has 1 aliphatic heterocycles. The molecule has 3 rings (SSSR count). The number of anilines is 1. The number of rotatable bonds is 5. The van der Waals surface area contributed by atoms with Gasteiger partial charge in [0.2, 0.25) is 5.95 Å². The van der Waals surface area contributed by atoms with Crippen molar-refractivity contribution in [2.75, 3.05) is 25.0 Å². The number of aromatic nitrogens is 3. The zero-order valence-electron chi connectivity index (χ0n) is 16.6. The summed E-state index contributed by atoms with van der Waals surface area (Å²) in [6, 6.07) is 2.16. The number of aryl methyl sites for hydroxylation is 1. The topological polar surface area (TPSA) is 78.3 Å². The van der Waals surface area contributed by atoms with Gasteiger partial charge in [-0.3, -0.25) is 4.99 Å². The molecule has 0 bridgehead atoms. The van der Waals surface area contributed by atoms with E-state index in [9.17, 15) is 0 Å². The van der Waals surface area contributed by atoms with Gasteiger partial charge < -0.3 is 15.5 Å². The van der Waals surface area contributed by atoms with Gasteiger partial charge in [0, 0.05) is 43.4 Å². The van der Waals surface area contributed by atoms with Crippen LogP contribution in [0.2, 0.25) is 0 Å². The second-order valence-corrected chi connectivity index (χ2v) is 8.40. The van der Waals surface area contributed by atoms with Crippen molar-refractivity contribution in [3.8, 4) is 0 Å². The zero-order valence-corrected chi connectivity index (χ0v) is 17.4. The molecule has 146 valence electrons. The third-order valence-electron chi connectivity index (χ3n) is 4.65. The lowest BCUT2D eigenvalue weighted by Crippen LogP contribution is -2.51. The van der Waals surface area contributed by atoms with Crippen molar-refractivity contribution in [2.45, 2.75) is 52.1 Å². The number of aliphatic imine (C=N–C) groups is 1. The summed E-state index contributed by atoms with van der Waals surface area (Å²) in [7, 11) is 1.81. The van der Waals surface area contributed by atoms with Gasteiger partial charge in [-0.05, 0) is 31.7 Å². The van der Waals surface area contributed by atoms with Gasteiger partial charge in [0.15, 0.2) is 5.96 Å². The van der Waals surface area contributed by atoms with Crippen LogP contribution in [0.4, 0.5) is 5.95 Å². The summed E-state index contributed by atoms with van der Waals surface area (Å²) >= 11 is 1.76. The molecule has 8 heteroatoms. The molecule has 3 heterocycles. The number of nitrogens with zero attached hydrogens (tertiary/aromatic N) is 5. The highest BCUT2D eigenvalue weighted by Gasteiger charge is 2.22. The Labute approximate surface area is 165 Å². The molecular formula is C19H29N7S. The maximum atomic E-state index is 4.76. The first-order valence-electron chi connectivity index (χ1n) is 9.52. The lowest BCUT2D eigenvalue weighted by atomic mass is 10.1. The molecule has 0 radical (unpaired) electrons. The Balaban J connectivity index is 1.55. The normalized spacial score (nSPS) is 18.0. The van der Waals surface area contributed by atoms with Crippen molar-refractivity contribution >= 4 is 23.2 Å². The van der Waals surface area contributed by atoms with Gasteiger partial charge in [-0.25, -0.2) is 15.0 Å². The van der Waals surface area contributed by atoms with E-state index in [4.69, 9.17) is 4.98 Å². The average Bonchev–Trinajstić information content (AvgIpc) is 3.07. The van der Waals surface area contributed by atoms with Crippen molar-refractivity contribution in [1.29, 1.82) is 0 Å². The molecule has 1 unspecified atom stereocenters. The average molecular weight is 388 g/mol. The van der Waals surface area contributed by atoms with Crippen LogP contribution in [0.5, 0.6) is 0 Å². The fourth-order valence-electron chi connectivity index (χ4n) is 3.35. The number of hydrogen-bond acceptors (Lipinski definition) is 6. The number of hydrogen-bond donors (Lipinski definition) is 2. The summed E-state index contributed by atoms with van der Waals surface area (Å²) in [4.78, 5) is 21.4. The highest BCUT2D eigenvalue weighted by molar-refractivity contribution is 7.11. The number of nitrogens with one attached hydrogen (secondary N) is 2. The van der Waals surface area contributed by atoms with Gasteiger partial charge in [0.25, 0.3) is 0 Å². The molecule has 0 amide bonds. The van der Waals surface area contributed by atoms with E-state index in [-0.39, 0.29) is 0 Å². The van der Waals surface area contributed by atoms with Gasteiger partial charge >= 0.3 is 0 Å². The maximum absolute atomic E-state index is 4.76. The highest BCUT2D eigenvalue weighted by atomic mass is 32.1. The van der Waals surface area contributed by atoms with Crippen LogP contribution < -0.4 is 15.5 Å². The molecular weight excluding hydrogens is 358 g/mol. The second-order valence-electron chi connectivity index (χ2n) is 7.11. The summed E-state index contributed by atoms with van der Waals surface area (Å²) < 4.78 is 0. The molecule has 2 aromatic rings. The molecule has 7 nitrogen and oxygen atoms in total. The van der Waals surface area contributed by atoms with E-state index in [1.165, 1.54) is 10.6 Å².